The highest BCUT2D eigenvalue weighted by Gasteiger charge is 2.29. The molecule has 1 N–H and O–H groups in total. The molecular weight excluding hydrogens is 384 g/mol. The van der Waals surface area contributed by atoms with E-state index in [0.29, 0.717) is 0 Å². The summed E-state index contributed by atoms with van der Waals surface area (Å²) < 4.78 is 20.1. The van der Waals surface area contributed by atoms with Crippen LogP contribution in [0.1, 0.15) is 64.4 Å². The highest BCUT2D eigenvalue weighted by molar-refractivity contribution is 7.90. The zero-order valence-electron chi connectivity index (χ0n) is 18.6. The number of nitrogens with one attached hydrogen (secondary N) is 1. The van der Waals surface area contributed by atoms with Gasteiger partial charge in [0.2, 0.25) is 0 Å². The molecule has 6 heteroatoms. The second-order valence-electron chi connectivity index (χ2n) is 8.91. The molecule has 0 fully saturated rings. The van der Waals surface area contributed by atoms with Gasteiger partial charge in [-0.05, 0) is 71.7 Å². The van der Waals surface area contributed by atoms with Gasteiger partial charge in [0.05, 0.1) is 29.8 Å². The summed E-state index contributed by atoms with van der Waals surface area (Å²) in [5.41, 5.74) is 3.05. The fraction of sp³-hybridized carbons (Fsp3) is 0.478. The van der Waals surface area contributed by atoms with Crippen molar-refractivity contribution in [3.63, 3.8) is 0 Å². The van der Waals surface area contributed by atoms with Crippen LogP contribution in [0.25, 0.3) is 17.0 Å². The number of nitrogens with zero attached hydrogens (tertiary/aromatic N) is 1. The lowest BCUT2D eigenvalue weighted by atomic mass is 9.92. The highest BCUT2D eigenvalue weighted by Crippen LogP contribution is 2.26. The van der Waals surface area contributed by atoms with Crippen LogP contribution in [-0.4, -0.2) is 27.4 Å². The number of rotatable bonds is 6. The van der Waals surface area contributed by atoms with E-state index in [-0.39, 0.29) is 16.8 Å². The van der Waals surface area contributed by atoms with Crippen molar-refractivity contribution < 1.29 is 14.1 Å². The second-order valence-corrected chi connectivity index (χ2v) is 10.9. The first-order valence-electron chi connectivity index (χ1n) is 9.72. The molecule has 0 amide bonds. The van der Waals surface area contributed by atoms with Crippen molar-refractivity contribution in [1.29, 1.82) is 0 Å². The molecule has 5 nitrogen and oxygen atoms in total. The van der Waals surface area contributed by atoms with E-state index in [4.69, 9.17) is 9.72 Å². The molecule has 158 valence electrons. The number of esters is 1. The first kappa shape index (κ1) is 23.4. The van der Waals surface area contributed by atoms with Gasteiger partial charge >= 0.3 is 5.97 Å². The summed E-state index contributed by atoms with van der Waals surface area (Å²) in [6.07, 6.45) is 3.75. The number of hydrogen-bond donors (Lipinski definition) is 1. The van der Waals surface area contributed by atoms with Crippen LogP contribution in [0.2, 0.25) is 0 Å². The summed E-state index contributed by atoms with van der Waals surface area (Å²) >= 11 is -1.18. The van der Waals surface area contributed by atoms with E-state index < -0.39 is 16.8 Å². The summed E-state index contributed by atoms with van der Waals surface area (Å²) in [5.74, 6) is -0.280. The van der Waals surface area contributed by atoms with Crippen LogP contribution < -0.4 is 4.72 Å². The molecule has 0 bridgehead atoms. The summed E-state index contributed by atoms with van der Waals surface area (Å²) in [6.45, 7) is 13.5. The Morgan fingerprint density at radius 1 is 1.24 bits per heavy atom. The number of aromatic nitrogens is 1. The molecule has 0 aliphatic heterocycles. The Labute approximate surface area is 177 Å². The highest BCUT2D eigenvalue weighted by atomic mass is 32.2. The van der Waals surface area contributed by atoms with E-state index in [1.165, 1.54) is 7.11 Å². The Bertz CT molecular complexity index is 916. The van der Waals surface area contributed by atoms with E-state index in [0.717, 1.165) is 27.7 Å². The van der Waals surface area contributed by atoms with Gasteiger partial charge in [-0.1, -0.05) is 24.3 Å². The smallest absolute Gasteiger partial charge is 0.315 e. The fourth-order valence-electron chi connectivity index (χ4n) is 2.88. The van der Waals surface area contributed by atoms with E-state index in [2.05, 4.69) is 10.8 Å². The largest absolute Gasteiger partial charge is 0.598 e. The molecule has 0 saturated carbocycles. The first-order chi connectivity index (χ1) is 13.3. The Morgan fingerprint density at radius 3 is 2.48 bits per heavy atom. The summed E-state index contributed by atoms with van der Waals surface area (Å²) in [4.78, 5) is 16.7. The fourth-order valence-corrected chi connectivity index (χ4v) is 3.66. The third-order valence-corrected chi connectivity index (χ3v) is 6.41. The maximum atomic E-state index is 12.5. The van der Waals surface area contributed by atoms with Crippen molar-refractivity contribution in [2.24, 2.45) is 5.41 Å². The van der Waals surface area contributed by atoms with Crippen LogP contribution in [-0.2, 0) is 20.9 Å². The van der Waals surface area contributed by atoms with Crippen LogP contribution in [0, 0.1) is 12.3 Å². The van der Waals surface area contributed by atoms with Gasteiger partial charge in [0.25, 0.3) is 0 Å². The van der Waals surface area contributed by atoms with Gasteiger partial charge in [-0.3, -0.25) is 9.78 Å². The number of hydrogen-bond acceptors (Lipinski definition) is 5. The molecule has 2 atom stereocenters. The van der Waals surface area contributed by atoms with Crippen molar-refractivity contribution in [1.82, 2.24) is 9.71 Å². The molecular formula is C23H32N2O3S. The molecule has 1 heterocycles. The predicted molar refractivity (Wildman–Crippen MR) is 121 cm³/mol. The molecule has 0 aliphatic rings. The average Bonchev–Trinajstić information content (AvgIpc) is 2.64. The van der Waals surface area contributed by atoms with Crippen molar-refractivity contribution in [2.75, 3.05) is 7.11 Å². The lowest BCUT2D eigenvalue weighted by Gasteiger charge is -2.26. The Hall–Kier alpha value is -1.89. The number of pyridine rings is 1. The number of carbonyl (C=O) groups is 1. The van der Waals surface area contributed by atoms with E-state index in [9.17, 15) is 9.35 Å². The molecule has 2 aromatic rings. The normalized spacial score (nSPS) is 14.9. The third-order valence-electron chi connectivity index (χ3n) is 4.73. The van der Waals surface area contributed by atoms with E-state index in [1.54, 1.807) is 0 Å². The molecule has 1 aromatic heterocycles. The van der Waals surface area contributed by atoms with Crippen LogP contribution in [0.15, 0.2) is 30.3 Å². The number of carbonyl (C=O) groups excluding carboxylic acids is 1. The Morgan fingerprint density at radius 2 is 1.90 bits per heavy atom. The molecule has 1 aromatic carbocycles. The van der Waals surface area contributed by atoms with Gasteiger partial charge in [0.1, 0.15) is 4.75 Å². The SMILES string of the molecule is COC(=O)C(C)(C)/C=C/c1ccc2cc(C)c([C@@H](C)N[S+]([O-])C(C)(C)C)nc2c1. The minimum atomic E-state index is -1.18. The molecule has 1 unspecified atom stereocenters. The quantitative estimate of drug-likeness (QED) is 0.537. The van der Waals surface area contributed by atoms with Crippen LogP contribution >= 0.6 is 0 Å². The Balaban J connectivity index is 2.35. The van der Waals surface area contributed by atoms with Gasteiger partial charge < -0.3 is 9.29 Å². The lowest BCUT2D eigenvalue weighted by molar-refractivity contribution is -0.148. The zero-order valence-corrected chi connectivity index (χ0v) is 19.4. The van der Waals surface area contributed by atoms with Gasteiger partial charge in [-0.2, -0.15) is 0 Å². The predicted octanol–water partition coefficient (Wildman–Crippen LogP) is 4.87. The van der Waals surface area contributed by atoms with Crippen molar-refractivity contribution in [3.05, 3.63) is 47.2 Å². The topological polar surface area (TPSA) is 74.3 Å². The van der Waals surface area contributed by atoms with Crippen LogP contribution in [0.5, 0.6) is 0 Å². The maximum absolute atomic E-state index is 12.5. The minimum absolute atomic E-state index is 0.142. The standard InChI is InChI=1S/C23H32N2O3S/c1-15-13-18-10-9-17(11-12-23(6,7)21(26)28-8)14-19(18)24-20(15)16(2)25-29(27)22(3,4)5/h9-14,16,25H,1-8H3/b12-11+/t16-,29?/m1/s1. The molecule has 29 heavy (non-hydrogen) atoms. The second kappa shape index (κ2) is 8.86. The number of ether oxygens (including phenoxy) is 1. The monoisotopic (exact) mass is 416 g/mol. The number of fused-ring (bicyclic) bond motifs is 1. The van der Waals surface area contributed by atoms with Crippen molar-refractivity contribution in [2.45, 2.75) is 59.3 Å². The molecule has 0 aliphatic carbocycles. The van der Waals surface area contributed by atoms with Gasteiger partial charge in [0.15, 0.2) is 0 Å². The van der Waals surface area contributed by atoms with Crippen LogP contribution in [0.3, 0.4) is 0 Å². The maximum Gasteiger partial charge on any atom is 0.315 e. The van der Waals surface area contributed by atoms with E-state index in [1.807, 2.05) is 78.8 Å². The Kier molecular flexibility index (Phi) is 7.14. The lowest BCUT2D eigenvalue weighted by Crippen LogP contribution is -2.40. The summed E-state index contributed by atoms with van der Waals surface area (Å²) in [6, 6.07) is 7.98. The average molecular weight is 417 g/mol. The third kappa shape index (κ3) is 5.81. The summed E-state index contributed by atoms with van der Waals surface area (Å²) in [7, 11) is 1.39. The molecule has 0 radical (unpaired) electrons. The van der Waals surface area contributed by atoms with Crippen molar-refractivity contribution in [3.8, 4) is 0 Å². The molecule has 2 rings (SSSR count). The van der Waals surface area contributed by atoms with E-state index >= 15 is 0 Å². The zero-order chi connectivity index (χ0) is 22.0. The van der Waals surface area contributed by atoms with Gasteiger partial charge in [0, 0.05) is 16.7 Å². The number of benzene rings is 1. The van der Waals surface area contributed by atoms with Gasteiger partial charge in [-0.25, -0.2) is 0 Å². The molecule has 0 spiro atoms. The summed E-state index contributed by atoms with van der Waals surface area (Å²) in [5, 5.41) is 1.04. The van der Waals surface area contributed by atoms with Crippen molar-refractivity contribution >= 4 is 34.3 Å². The minimum Gasteiger partial charge on any atom is -0.598 e. The van der Waals surface area contributed by atoms with Crippen LogP contribution in [0.4, 0.5) is 0 Å². The number of aryl methyl sites for hydroxylation is 1. The number of methoxy groups -OCH3 is 1. The first-order valence-corrected chi connectivity index (χ1v) is 10.9. The molecule has 0 saturated heterocycles. The van der Waals surface area contributed by atoms with Gasteiger partial charge in [-0.15, -0.1) is 4.72 Å².